The van der Waals surface area contributed by atoms with Crippen LogP contribution in [0.1, 0.15) is 36.2 Å². The molecule has 0 spiro atoms. The molecule has 0 heterocycles. The minimum atomic E-state index is -0.335. The Morgan fingerprint density at radius 3 is 2.46 bits per heavy atom. The summed E-state index contributed by atoms with van der Waals surface area (Å²) >= 11 is 0. The number of hydrogen-bond donors (Lipinski definition) is 2. The summed E-state index contributed by atoms with van der Waals surface area (Å²) in [5, 5.41) is 5.67. The van der Waals surface area contributed by atoms with Gasteiger partial charge in [-0.2, -0.15) is 0 Å². The highest BCUT2D eigenvalue weighted by molar-refractivity contribution is 6.07. The van der Waals surface area contributed by atoms with Crippen LogP contribution in [0.4, 0.5) is 5.69 Å². The first kappa shape index (κ1) is 21.0. The van der Waals surface area contributed by atoms with Gasteiger partial charge in [-0.25, -0.2) is 0 Å². The van der Waals surface area contributed by atoms with Crippen LogP contribution < -0.4 is 20.1 Å². The molecule has 2 aromatic carbocycles. The van der Waals surface area contributed by atoms with E-state index in [2.05, 4.69) is 10.6 Å². The van der Waals surface area contributed by atoms with E-state index >= 15 is 0 Å². The van der Waals surface area contributed by atoms with E-state index in [1.807, 2.05) is 19.9 Å². The molecule has 0 fully saturated rings. The Morgan fingerprint density at radius 2 is 1.79 bits per heavy atom. The number of amides is 2. The van der Waals surface area contributed by atoms with Crippen LogP contribution in [0.25, 0.3) is 6.08 Å². The predicted molar refractivity (Wildman–Crippen MR) is 111 cm³/mol. The molecule has 0 aliphatic heterocycles. The van der Waals surface area contributed by atoms with E-state index in [-0.39, 0.29) is 17.9 Å². The van der Waals surface area contributed by atoms with Gasteiger partial charge in [0.25, 0.3) is 5.91 Å². The fourth-order valence-corrected chi connectivity index (χ4v) is 2.50. The second-order valence-corrected chi connectivity index (χ2v) is 6.27. The molecule has 148 valence electrons. The van der Waals surface area contributed by atoms with Gasteiger partial charge in [0.15, 0.2) is 11.5 Å². The third-order valence-corrected chi connectivity index (χ3v) is 4.25. The lowest BCUT2D eigenvalue weighted by atomic mass is 10.1. The number of carbonyl (C=O) groups is 2. The summed E-state index contributed by atoms with van der Waals surface area (Å²) in [6, 6.07) is 12.3. The highest BCUT2D eigenvalue weighted by atomic mass is 16.5. The Bertz CT molecular complexity index is 861. The van der Waals surface area contributed by atoms with Crippen molar-refractivity contribution in [3.8, 4) is 11.5 Å². The van der Waals surface area contributed by atoms with Gasteiger partial charge >= 0.3 is 0 Å². The fourth-order valence-electron chi connectivity index (χ4n) is 2.50. The Labute approximate surface area is 165 Å². The normalized spacial score (nSPS) is 11.7. The van der Waals surface area contributed by atoms with E-state index in [1.165, 1.54) is 6.08 Å². The van der Waals surface area contributed by atoms with Crippen LogP contribution in [-0.2, 0) is 4.79 Å². The number of anilines is 1. The largest absolute Gasteiger partial charge is 0.493 e. The first-order valence-corrected chi connectivity index (χ1v) is 9.09. The van der Waals surface area contributed by atoms with Crippen LogP contribution >= 0.6 is 0 Å². The molecule has 0 saturated carbocycles. The highest BCUT2D eigenvalue weighted by Crippen LogP contribution is 2.28. The molecular weight excluding hydrogens is 356 g/mol. The van der Waals surface area contributed by atoms with E-state index in [9.17, 15) is 9.59 Å². The van der Waals surface area contributed by atoms with Crippen LogP contribution in [0, 0.1) is 0 Å². The number of ether oxygens (including phenoxy) is 2. The van der Waals surface area contributed by atoms with Crippen molar-refractivity contribution in [1.82, 2.24) is 5.32 Å². The van der Waals surface area contributed by atoms with Crippen LogP contribution in [0.15, 0.2) is 48.5 Å². The van der Waals surface area contributed by atoms with Crippen molar-refractivity contribution in [3.05, 3.63) is 59.7 Å². The van der Waals surface area contributed by atoms with Gasteiger partial charge in [-0.15, -0.1) is 0 Å². The average Bonchev–Trinajstić information content (AvgIpc) is 2.72. The molecule has 2 rings (SSSR count). The van der Waals surface area contributed by atoms with Crippen molar-refractivity contribution in [2.75, 3.05) is 19.5 Å². The average molecular weight is 382 g/mol. The van der Waals surface area contributed by atoms with E-state index < -0.39 is 0 Å². The molecule has 0 aliphatic carbocycles. The number of hydrogen-bond acceptors (Lipinski definition) is 4. The topological polar surface area (TPSA) is 76.7 Å². The smallest absolute Gasteiger partial charge is 0.253 e. The predicted octanol–water partition coefficient (Wildman–Crippen LogP) is 3.88. The quantitative estimate of drug-likeness (QED) is 0.679. The second kappa shape index (κ2) is 10.2. The van der Waals surface area contributed by atoms with Crippen LogP contribution in [0.5, 0.6) is 11.5 Å². The van der Waals surface area contributed by atoms with Gasteiger partial charge in [0.2, 0.25) is 5.91 Å². The molecular formula is C22H26N2O4. The van der Waals surface area contributed by atoms with Gasteiger partial charge in [0.1, 0.15) is 0 Å². The molecule has 0 bridgehead atoms. The molecule has 1 unspecified atom stereocenters. The Hall–Kier alpha value is -3.28. The minimum Gasteiger partial charge on any atom is -0.493 e. The summed E-state index contributed by atoms with van der Waals surface area (Å²) in [7, 11) is 3.12. The van der Waals surface area contributed by atoms with Gasteiger partial charge in [-0.3, -0.25) is 9.59 Å². The van der Waals surface area contributed by atoms with Crippen molar-refractivity contribution < 1.29 is 19.1 Å². The minimum absolute atomic E-state index is 0.0567. The van der Waals surface area contributed by atoms with E-state index in [0.717, 1.165) is 12.0 Å². The lowest BCUT2D eigenvalue weighted by molar-refractivity contribution is -0.111. The number of nitrogens with one attached hydrogen (secondary N) is 2. The molecule has 1 atom stereocenters. The van der Waals surface area contributed by atoms with Crippen LogP contribution in [0.3, 0.4) is 0 Å². The summed E-state index contributed by atoms with van der Waals surface area (Å²) < 4.78 is 10.5. The number of methoxy groups -OCH3 is 2. The number of para-hydroxylation sites is 1. The van der Waals surface area contributed by atoms with Gasteiger partial charge in [0, 0.05) is 12.1 Å². The van der Waals surface area contributed by atoms with Crippen molar-refractivity contribution >= 4 is 23.6 Å². The number of benzene rings is 2. The van der Waals surface area contributed by atoms with E-state index in [1.54, 1.807) is 56.7 Å². The molecule has 2 aromatic rings. The summed E-state index contributed by atoms with van der Waals surface area (Å²) in [5.74, 6) is 0.648. The molecule has 0 aliphatic rings. The fraction of sp³-hybridized carbons (Fsp3) is 0.273. The lowest BCUT2D eigenvalue weighted by Gasteiger charge is -2.14. The first-order valence-electron chi connectivity index (χ1n) is 9.09. The number of rotatable bonds is 8. The van der Waals surface area contributed by atoms with Crippen molar-refractivity contribution in [2.24, 2.45) is 0 Å². The first-order chi connectivity index (χ1) is 13.5. The van der Waals surface area contributed by atoms with Crippen molar-refractivity contribution in [3.63, 3.8) is 0 Å². The zero-order valence-corrected chi connectivity index (χ0v) is 16.6. The standard InChI is InChI=1S/C22H26N2O4/c1-5-15(2)23-22(26)17-8-6-7-9-18(17)24-21(25)13-11-16-10-12-19(27-3)20(14-16)28-4/h6-15H,5H2,1-4H3,(H,23,26)(H,24,25). The second-order valence-electron chi connectivity index (χ2n) is 6.27. The maximum Gasteiger partial charge on any atom is 0.253 e. The number of carbonyl (C=O) groups excluding carboxylic acids is 2. The van der Waals surface area contributed by atoms with Gasteiger partial charge in [-0.1, -0.05) is 25.1 Å². The van der Waals surface area contributed by atoms with Gasteiger partial charge in [-0.05, 0) is 49.2 Å². The Kier molecular flexibility index (Phi) is 7.63. The van der Waals surface area contributed by atoms with Crippen molar-refractivity contribution in [1.29, 1.82) is 0 Å². The molecule has 6 nitrogen and oxygen atoms in total. The molecule has 6 heteroatoms. The summed E-state index contributed by atoms with van der Waals surface area (Å²) in [6.07, 6.45) is 3.90. The molecule has 0 radical (unpaired) electrons. The molecule has 0 aromatic heterocycles. The molecule has 2 amide bonds. The third-order valence-electron chi connectivity index (χ3n) is 4.25. The zero-order chi connectivity index (χ0) is 20.5. The third kappa shape index (κ3) is 5.61. The maximum atomic E-state index is 12.4. The zero-order valence-electron chi connectivity index (χ0n) is 16.6. The highest BCUT2D eigenvalue weighted by Gasteiger charge is 2.13. The van der Waals surface area contributed by atoms with E-state index in [0.29, 0.717) is 22.7 Å². The summed E-state index contributed by atoms with van der Waals surface area (Å²) in [6.45, 7) is 3.93. The molecule has 0 saturated heterocycles. The lowest BCUT2D eigenvalue weighted by Crippen LogP contribution is -2.32. The Balaban J connectivity index is 2.11. The van der Waals surface area contributed by atoms with Crippen LogP contribution in [0.2, 0.25) is 0 Å². The van der Waals surface area contributed by atoms with Crippen LogP contribution in [-0.4, -0.2) is 32.1 Å². The van der Waals surface area contributed by atoms with Gasteiger partial charge < -0.3 is 20.1 Å². The maximum absolute atomic E-state index is 12.4. The Morgan fingerprint density at radius 1 is 1.07 bits per heavy atom. The molecule has 2 N–H and O–H groups in total. The molecule has 28 heavy (non-hydrogen) atoms. The van der Waals surface area contributed by atoms with E-state index in [4.69, 9.17) is 9.47 Å². The van der Waals surface area contributed by atoms with Gasteiger partial charge in [0.05, 0.1) is 25.5 Å². The monoisotopic (exact) mass is 382 g/mol. The summed E-state index contributed by atoms with van der Waals surface area (Å²) in [4.78, 5) is 24.8. The SMILES string of the molecule is CCC(C)NC(=O)c1ccccc1NC(=O)C=Cc1ccc(OC)c(OC)c1. The van der Waals surface area contributed by atoms with Crippen molar-refractivity contribution in [2.45, 2.75) is 26.3 Å². The summed E-state index contributed by atoms with van der Waals surface area (Å²) in [5.41, 5.74) is 1.68.